The highest BCUT2D eigenvalue weighted by atomic mass is 16.6. The van der Waals surface area contributed by atoms with Gasteiger partial charge in [0, 0.05) is 11.0 Å². The number of hydrogen-bond acceptors (Lipinski definition) is 6. The highest BCUT2D eigenvalue weighted by molar-refractivity contribution is 5.22. The van der Waals surface area contributed by atoms with Gasteiger partial charge in [-0.3, -0.25) is 0 Å². The van der Waals surface area contributed by atoms with Gasteiger partial charge in [-0.15, -0.1) is 0 Å². The average Bonchev–Trinajstić information content (AvgIpc) is 3.40. The maximum Gasteiger partial charge on any atom is 0.0827 e. The van der Waals surface area contributed by atoms with Gasteiger partial charge in [-0.05, 0) is 55.4 Å². The predicted molar refractivity (Wildman–Crippen MR) is 106 cm³/mol. The van der Waals surface area contributed by atoms with Crippen LogP contribution in [0.5, 0.6) is 0 Å². The summed E-state index contributed by atoms with van der Waals surface area (Å²) in [6.07, 6.45) is 6.27. The second kappa shape index (κ2) is 6.38. The molecule has 4 saturated heterocycles. The van der Waals surface area contributed by atoms with E-state index in [1.54, 1.807) is 0 Å². The molecule has 0 radical (unpaired) electrons. The minimum atomic E-state index is -0.329. The van der Waals surface area contributed by atoms with Gasteiger partial charge in [0.25, 0.3) is 0 Å². The van der Waals surface area contributed by atoms with E-state index in [1.807, 2.05) is 0 Å². The van der Waals surface area contributed by atoms with Crippen molar-refractivity contribution in [2.24, 2.45) is 33.6 Å². The topological polar surface area (TPSA) is 102 Å². The molecular formula is C22H38N2O4. The lowest BCUT2D eigenvalue weighted by Crippen LogP contribution is -2.73. The normalized spacial score (nSPS) is 53.7. The van der Waals surface area contributed by atoms with E-state index in [1.165, 1.54) is 0 Å². The maximum atomic E-state index is 7.49. The van der Waals surface area contributed by atoms with Crippen LogP contribution in [0.4, 0.5) is 0 Å². The Kier molecular flexibility index (Phi) is 4.49. The lowest BCUT2D eigenvalue weighted by Gasteiger charge is -2.69. The van der Waals surface area contributed by atoms with Crippen LogP contribution in [0.2, 0.25) is 0 Å². The van der Waals surface area contributed by atoms with Crippen LogP contribution < -0.4 is 11.5 Å². The van der Waals surface area contributed by atoms with E-state index < -0.39 is 0 Å². The third kappa shape index (κ3) is 3.25. The fourth-order valence-corrected chi connectivity index (χ4v) is 7.22. The van der Waals surface area contributed by atoms with Crippen molar-refractivity contribution in [1.82, 2.24) is 0 Å². The summed E-state index contributed by atoms with van der Waals surface area (Å²) in [7, 11) is 0. The molecular weight excluding hydrogens is 356 g/mol. The Morgan fingerprint density at radius 1 is 0.786 bits per heavy atom. The molecule has 0 aromatic carbocycles. The number of ether oxygens (including phenoxy) is 4. The van der Waals surface area contributed by atoms with E-state index >= 15 is 0 Å². The highest BCUT2D eigenvalue weighted by Crippen LogP contribution is 2.69. The molecule has 5 rings (SSSR count). The zero-order valence-electron chi connectivity index (χ0n) is 17.7. The monoisotopic (exact) mass is 394 g/mol. The van der Waals surface area contributed by atoms with Crippen LogP contribution in [0.25, 0.3) is 0 Å². The third-order valence-electron chi connectivity index (χ3n) is 8.81. The molecule has 28 heavy (non-hydrogen) atoms. The first-order chi connectivity index (χ1) is 13.2. The molecule has 1 aliphatic carbocycles. The Morgan fingerprint density at radius 3 is 1.68 bits per heavy atom. The largest absolute Gasteiger partial charge is 0.373 e. The third-order valence-corrected chi connectivity index (χ3v) is 8.81. The Morgan fingerprint density at radius 2 is 1.25 bits per heavy atom. The van der Waals surface area contributed by atoms with E-state index in [2.05, 4.69) is 20.8 Å². The zero-order chi connectivity index (χ0) is 19.8. The van der Waals surface area contributed by atoms with Crippen LogP contribution in [0, 0.1) is 22.2 Å². The molecule has 7 atom stereocenters. The van der Waals surface area contributed by atoms with Crippen molar-refractivity contribution >= 4 is 0 Å². The first kappa shape index (κ1) is 19.7. The first-order valence-corrected chi connectivity index (χ1v) is 11.2. The van der Waals surface area contributed by atoms with Gasteiger partial charge in [0.2, 0.25) is 0 Å². The molecule has 1 saturated carbocycles. The van der Waals surface area contributed by atoms with Crippen molar-refractivity contribution in [1.29, 1.82) is 0 Å². The lowest BCUT2D eigenvalue weighted by atomic mass is 9.37. The molecule has 4 N–H and O–H groups in total. The standard InChI is InChI=1S/C22H38N2O4/c1-19(2)12-22(24,7-17-11-28-17)21(5-15-9-26-15,6-16-10-27-16)20(3,13-23)18(19)4-14-8-25-14/h14-18H,4-13,23-24H2,1-3H3. The second-order valence-corrected chi connectivity index (χ2v) is 11.2. The molecule has 5 fully saturated rings. The van der Waals surface area contributed by atoms with Crippen molar-refractivity contribution in [3.05, 3.63) is 0 Å². The fraction of sp³-hybridized carbons (Fsp3) is 1.00. The highest BCUT2D eigenvalue weighted by Gasteiger charge is 2.70. The molecule has 6 nitrogen and oxygen atoms in total. The summed E-state index contributed by atoms with van der Waals surface area (Å²) in [6, 6.07) is 0. The maximum absolute atomic E-state index is 7.49. The Balaban J connectivity index is 1.60. The van der Waals surface area contributed by atoms with Gasteiger partial charge in [0.15, 0.2) is 0 Å². The van der Waals surface area contributed by atoms with Crippen LogP contribution in [0.15, 0.2) is 0 Å². The molecule has 0 aromatic rings. The summed E-state index contributed by atoms with van der Waals surface area (Å²) < 4.78 is 22.9. The molecule has 5 aliphatic rings. The van der Waals surface area contributed by atoms with E-state index in [4.69, 9.17) is 30.4 Å². The van der Waals surface area contributed by atoms with Gasteiger partial charge in [0.1, 0.15) is 0 Å². The summed E-state index contributed by atoms with van der Waals surface area (Å²) in [5.74, 6) is 0.465. The second-order valence-electron chi connectivity index (χ2n) is 11.2. The Hall–Kier alpha value is -0.240. The SMILES string of the molecule is CC1(C)CC(N)(CC2CO2)C(CC2CO2)(CC2CO2)C(C)(CN)C1CC1CO1. The molecule has 0 aromatic heterocycles. The smallest absolute Gasteiger partial charge is 0.0827 e. The molecule has 4 aliphatic heterocycles. The van der Waals surface area contributed by atoms with E-state index in [0.29, 0.717) is 36.9 Å². The molecule has 160 valence electrons. The van der Waals surface area contributed by atoms with Crippen molar-refractivity contribution in [3.8, 4) is 0 Å². The van der Waals surface area contributed by atoms with Crippen molar-refractivity contribution in [2.45, 2.75) is 82.8 Å². The average molecular weight is 395 g/mol. The quantitative estimate of drug-likeness (QED) is 0.579. The summed E-state index contributed by atoms with van der Waals surface area (Å²) in [6.45, 7) is 11.3. The van der Waals surface area contributed by atoms with Gasteiger partial charge in [-0.2, -0.15) is 0 Å². The number of rotatable bonds is 9. The van der Waals surface area contributed by atoms with Crippen LogP contribution >= 0.6 is 0 Å². The fourth-order valence-electron chi connectivity index (χ4n) is 7.22. The molecule has 0 spiro atoms. The summed E-state index contributed by atoms with van der Waals surface area (Å²) >= 11 is 0. The van der Waals surface area contributed by atoms with Gasteiger partial charge >= 0.3 is 0 Å². The van der Waals surface area contributed by atoms with Crippen LogP contribution in [0.3, 0.4) is 0 Å². The number of epoxide rings is 4. The van der Waals surface area contributed by atoms with Crippen LogP contribution in [0.1, 0.15) is 52.9 Å². The van der Waals surface area contributed by atoms with Crippen molar-refractivity contribution < 1.29 is 18.9 Å². The molecule has 4 heterocycles. The van der Waals surface area contributed by atoms with Crippen molar-refractivity contribution in [2.75, 3.05) is 33.0 Å². The minimum absolute atomic E-state index is 0.0950. The van der Waals surface area contributed by atoms with Crippen molar-refractivity contribution in [3.63, 3.8) is 0 Å². The van der Waals surface area contributed by atoms with Gasteiger partial charge < -0.3 is 30.4 Å². The van der Waals surface area contributed by atoms with Gasteiger partial charge in [-0.25, -0.2) is 0 Å². The van der Waals surface area contributed by atoms with Crippen LogP contribution in [-0.2, 0) is 18.9 Å². The summed E-state index contributed by atoms with van der Waals surface area (Å²) in [5, 5.41) is 0. The van der Waals surface area contributed by atoms with Crippen LogP contribution in [-0.4, -0.2) is 62.9 Å². The van der Waals surface area contributed by atoms with E-state index in [0.717, 1.165) is 58.5 Å². The molecule has 0 amide bonds. The molecule has 0 bridgehead atoms. The van der Waals surface area contributed by atoms with Gasteiger partial charge in [0.05, 0.1) is 50.8 Å². The first-order valence-electron chi connectivity index (χ1n) is 11.2. The lowest BCUT2D eigenvalue weighted by molar-refractivity contribution is -0.179. The summed E-state index contributed by atoms with van der Waals surface area (Å²) in [5.41, 5.74) is 13.7. The predicted octanol–water partition coefficient (Wildman–Crippen LogP) is 1.84. The molecule has 7 unspecified atom stereocenters. The number of nitrogens with two attached hydrogens (primary N) is 2. The minimum Gasteiger partial charge on any atom is -0.373 e. The summed E-state index contributed by atoms with van der Waals surface area (Å²) in [4.78, 5) is 0. The molecule has 6 heteroatoms. The Labute approximate surface area is 169 Å². The number of hydrogen-bond donors (Lipinski definition) is 2. The zero-order valence-corrected chi connectivity index (χ0v) is 17.7. The van der Waals surface area contributed by atoms with E-state index in [9.17, 15) is 0 Å². The van der Waals surface area contributed by atoms with E-state index in [-0.39, 0.29) is 21.8 Å². The van der Waals surface area contributed by atoms with Gasteiger partial charge in [-0.1, -0.05) is 20.8 Å². The Bertz CT molecular complexity index is 598.